The molecule has 1 aliphatic heterocycles. The fourth-order valence-corrected chi connectivity index (χ4v) is 2.11. The SMILES string of the molecule is N#Cc1ccc(NCC2CCCN2)cc1Cl. The van der Waals surface area contributed by atoms with E-state index in [9.17, 15) is 0 Å². The molecule has 0 radical (unpaired) electrons. The second-order valence-electron chi connectivity index (χ2n) is 3.98. The minimum atomic E-state index is 0.506. The van der Waals surface area contributed by atoms with Crippen LogP contribution in [0.5, 0.6) is 0 Å². The van der Waals surface area contributed by atoms with Crippen molar-refractivity contribution in [3.05, 3.63) is 28.8 Å². The van der Waals surface area contributed by atoms with Gasteiger partial charge in [-0.15, -0.1) is 0 Å². The van der Waals surface area contributed by atoms with Crippen LogP contribution >= 0.6 is 11.6 Å². The normalized spacial score (nSPS) is 19.4. The number of anilines is 1. The number of nitrogens with zero attached hydrogens (tertiary/aromatic N) is 1. The number of benzene rings is 1. The van der Waals surface area contributed by atoms with Gasteiger partial charge in [0.05, 0.1) is 10.6 Å². The molecule has 1 atom stereocenters. The highest BCUT2D eigenvalue weighted by molar-refractivity contribution is 6.32. The molecule has 1 aliphatic rings. The molecule has 16 heavy (non-hydrogen) atoms. The first kappa shape index (κ1) is 11.3. The van der Waals surface area contributed by atoms with E-state index >= 15 is 0 Å². The van der Waals surface area contributed by atoms with Gasteiger partial charge in [-0.2, -0.15) is 5.26 Å². The summed E-state index contributed by atoms with van der Waals surface area (Å²) in [6, 6.07) is 8.03. The summed E-state index contributed by atoms with van der Waals surface area (Å²) in [4.78, 5) is 0. The van der Waals surface area contributed by atoms with Crippen molar-refractivity contribution in [3.8, 4) is 6.07 Å². The van der Waals surface area contributed by atoms with Gasteiger partial charge in [-0.25, -0.2) is 0 Å². The summed E-state index contributed by atoms with van der Waals surface area (Å²) >= 11 is 5.95. The molecule has 0 aromatic heterocycles. The molecule has 2 rings (SSSR count). The average Bonchev–Trinajstić information content (AvgIpc) is 2.79. The highest BCUT2D eigenvalue weighted by atomic mass is 35.5. The maximum atomic E-state index is 8.75. The number of hydrogen-bond donors (Lipinski definition) is 2. The lowest BCUT2D eigenvalue weighted by Crippen LogP contribution is -2.29. The van der Waals surface area contributed by atoms with Crippen molar-refractivity contribution in [1.82, 2.24) is 5.32 Å². The Kier molecular flexibility index (Phi) is 3.66. The smallest absolute Gasteiger partial charge is 0.101 e. The molecule has 1 saturated heterocycles. The average molecular weight is 236 g/mol. The summed E-state index contributed by atoms with van der Waals surface area (Å²) in [5.74, 6) is 0. The van der Waals surface area contributed by atoms with Gasteiger partial charge in [-0.3, -0.25) is 0 Å². The van der Waals surface area contributed by atoms with Crippen LogP contribution in [0.1, 0.15) is 18.4 Å². The largest absolute Gasteiger partial charge is 0.383 e. The van der Waals surface area contributed by atoms with Crippen LogP contribution in [0.4, 0.5) is 5.69 Å². The van der Waals surface area contributed by atoms with E-state index in [2.05, 4.69) is 10.6 Å². The zero-order valence-electron chi connectivity index (χ0n) is 8.96. The number of rotatable bonds is 3. The molecular weight excluding hydrogens is 222 g/mol. The third kappa shape index (κ3) is 2.66. The van der Waals surface area contributed by atoms with Gasteiger partial charge in [-0.05, 0) is 37.6 Å². The maximum absolute atomic E-state index is 8.75. The Bertz CT molecular complexity index is 405. The number of nitriles is 1. The molecule has 0 aliphatic carbocycles. The van der Waals surface area contributed by atoms with Crippen molar-refractivity contribution in [2.75, 3.05) is 18.4 Å². The van der Waals surface area contributed by atoms with Crippen molar-refractivity contribution in [1.29, 1.82) is 5.26 Å². The Balaban J connectivity index is 1.94. The molecule has 1 fully saturated rings. The lowest BCUT2D eigenvalue weighted by Gasteiger charge is -2.12. The van der Waals surface area contributed by atoms with Crippen molar-refractivity contribution in [2.24, 2.45) is 0 Å². The first-order chi connectivity index (χ1) is 7.79. The van der Waals surface area contributed by atoms with Crippen LogP contribution in [-0.4, -0.2) is 19.1 Å². The minimum Gasteiger partial charge on any atom is -0.383 e. The van der Waals surface area contributed by atoms with E-state index in [0.29, 0.717) is 16.6 Å². The zero-order chi connectivity index (χ0) is 11.4. The molecule has 2 N–H and O–H groups in total. The first-order valence-electron chi connectivity index (χ1n) is 5.46. The number of halogens is 1. The molecule has 0 amide bonds. The molecule has 0 spiro atoms. The molecule has 0 bridgehead atoms. The van der Waals surface area contributed by atoms with Crippen molar-refractivity contribution in [2.45, 2.75) is 18.9 Å². The summed E-state index contributed by atoms with van der Waals surface area (Å²) < 4.78 is 0. The monoisotopic (exact) mass is 235 g/mol. The summed E-state index contributed by atoms with van der Waals surface area (Å²) in [5.41, 5.74) is 1.49. The van der Waals surface area contributed by atoms with Gasteiger partial charge in [-0.1, -0.05) is 11.6 Å². The molecule has 84 valence electrons. The Morgan fingerprint density at radius 1 is 1.56 bits per heavy atom. The third-order valence-corrected chi connectivity index (χ3v) is 3.12. The standard InChI is InChI=1S/C12H14ClN3/c13-12-6-10(4-3-9(12)7-14)16-8-11-2-1-5-15-11/h3-4,6,11,15-16H,1-2,5,8H2. The molecule has 1 aromatic rings. The third-order valence-electron chi connectivity index (χ3n) is 2.80. The van der Waals surface area contributed by atoms with Crippen molar-refractivity contribution < 1.29 is 0 Å². The van der Waals surface area contributed by atoms with Crippen LogP contribution in [-0.2, 0) is 0 Å². The van der Waals surface area contributed by atoms with E-state index in [1.165, 1.54) is 12.8 Å². The second kappa shape index (κ2) is 5.20. The van der Waals surface area contributed by atoms with Gasteiger partial charge >= 0.3 is 0 Å². The summed E-state index contributed by atoms with van der Waals surface area (Å²) in [5, 5.41) is 16.0. The van der Waals surface area contributed by atoms with Gasteiger partial charge in [0.15, 0.2) is 0 Å². The van der Waals surface area contributed by atoms with Crippen molar-refractivity contribution in [3.63, 3.8) is 0 Å². The van der Waals surface area contributed by atoms with Crippen LogP contribution in [0.3, 0.4) is 0 Å². The topological polar surface area (TPSA) is 47.9 Å². The molecule has 4 heteroatoms. The predicted octanol–water partition coefficient (Wildman–Crippen LogP) is 2.38. The summed E-state index contributed by atoms with van der Waals surface area (Å²) in [6.07, 6.45) is 2.47. The molecule has 3 nitrogen and oxygen atoms in total. The highest BCUT2D eigenvalue weighted by Gasteiger charge is 2.13. The first-order valence-corrected chi connectivity index (χ1v) is 5.84. The van der Waals surface area contributed by atoms with Gasteiger partial charge in [0.25, 0.3) is 0 Å². The number of nitrogens with one attached hydrogen (secondary N) is 2. The van der Waals surface area contributed by atoms with Gasteiger partial charge in [0.2, 0.25) is 0 Å². The van der Waals surface area contributed by atoms with E-state index < -0.39 is 0 Å². The molecule has 1 unspecified atom stereocenters. The minimum absolute atomic E-state index is 0.506. The fourth-order valence-electron chi connectivity index (χ4n) is 1.89. The maximum Gasteiger partial charge on any atom is 0.101 e. The van der Waals surface area contributed by atoms with Crippen LogP contribution in [0.15, 0.2) is 18.2 Å². The quantitative estimate of drug-likeness (QED) is 0.846. The van der Waals surface area contributed by atoms with E-state index in [4.69, 9.17) is 16.9 Å². The zero-order valence-corrected chi connectivity index (χ0v) is 9.72. The van der Waals surface area contributed by atoms with Crippen LogP contribution in [0, 0.1) is 11.3 Å². The van der Waals surface area contributed by atoms with Gasteiger partial charge < -0.3 is 10.6 Å². The Labute approximate surface area is 100 Å². The van der Waals surface area contributed by atoms with Crippen LogP contribution in [0.2, 0.25) is 5.02 Å². The van der Waals surface area contributed by atoms with Crippen LogP contribution in [0.25, 0.3) is 0 Å². The van der Waals surface area contributed by atoms with E-state index in [0.717, 1.165) is 18.8 Å². The molecular formula is C12H14ClN3. The molecule has 0 saturated carbocycles. The molecule has 1 heterocycles. The Morgan fingerprint density at radius 2 is 2.44 bits per heavy atom. The lowest BCUT2D eigenvalue weighted by molar-refractivity contribution is 0.633. The van der Waals surface area contributed by atoms with E-state index in [-0.39, 0.29) is 0 Å². The fraction of sp³-hybridized carbons (Fsp3) is 0.417. The molecule has 1 aromatic carbocycles. The highest BCUT2D eigenvalue weighted by Crippen LogP contribution is 2.20. The second-order valence-corrected chi connectivity index (χ2v) is 4.39. The van der Waals surface area contributed by atoms with Crippen LogP contribution < -0.4 is 10.6 Å². The Morgan fingerprint density at radius 3 is 3.06 bits per heavy atom. The van der Waals surface area contributed by atoms with E-state index in [1.54, 1.807) is 12.1 Å². The lowest BCUT2D eigenvalue weighted by atomic mass is 10.2. The predicted molar refractivity (Wildman–Crippen MR) is 65.7 cm³/mol. The van der Waals surface area contributed by atoms with Crippen molar-refractivity contribution >= 4 is 17.3 Å². The summed E-state index contributed by atoms with van der Waals surface area (Å²) in [6.45, 7) is 2.02. The van der Waals surface area contributed by atoms with E-state index in [1.807, 2.05) is 12.1 Å². The van der Waals surface area contributed by atoms with Gasteiger partial charge in [0.1, 0.15) is 6.07 Å². The number of hydrogen-bond acceptors (Lipinski definition) is 3. The van der Waals surface area contributed by atoms with Gasteiger partial charge in [0, 0.05) is 18.3 Å². The summed E-state index contributed by atoms with van der Waals surface area (Å²) in [7, 11) is 0. The Hall–Kier alpha value is -1.24.